The molecule has 9 nitrogen and oxygen atoms in total. The lowest BCUT2D eigenvalue weighted by molar-refractivity contribution is 0.0451. The summed E-state index contributed by atoms with van der Waals surface area (Å²) in [6.45, 7) is 5.90. The summed E-state index contributed by atoms with van der Waals surface area (Å²) in [5.74, 6) is 0.238. The fourth-order valence-electron chi connectivity index (χ4n) is 5.08. The van der Waals surface area contributed by atoms with E-state index in [1.54, 1.807) is 44.2 Å². The van der Waals surface area contributed by atoms with Crippen molar-refractivity contribution < 1.29 is 29.4 Å². The first-order chi connectivity index (χ1) is 19.4. The number of β-amino-alcohol motifs (C(OH)–C–C–N with tert-alkyl or cyclic N) is 1. The number of halogens is 2. The number of anilines is 1. The summed E-state index contributed by atoms with van der Waals surface area (Å²) in [4.78, 5) is 17.2. The van der Waals surface area contributed by atoms with E-state index in [0.717, 1.165) is 5.56 Å². The Bertz CT molecular complexity index is 1580. The summed E-state index contributed by atoms with van der Waals surface area (Å²) in [6, 6.07) is 13.7. The topological polar surface area (TPSA) is 129 Å². The number of pyridine rings is 1. The fourth-order valence-corrected chi connectivity index (χ4v) is 5.74. The lowest BCUT2D eigenvalue weighted by Gasteiger charge is -2.25. The molecule has 41 heavy (non-hydrogen) atoms. The summed E-state index contributed by atoms with van der Waals surface area (Å²) in [5.41, 5.74) is 0.719. The average molecular weight is 598 g/mol. The van der Waals surface area contributed by atoms with Crippen LogP contribution in [0.15, 0.2) is 59.3 Å². The van der Waals surface area contributed by atoms with E-state index in [1.165, 1.54) is 12.3 Å². The van der Waals surface area contributed by atoms with Crippen molar-refractivity contribution in [3.8, 4) is 17.0 Å². The third-order valence-corrected chi connectivity index (χ3v) is 7.82. The number of carbonyl (C=O) groups is 1. The maximum atomic E-state index is 11.5. The smallest absolute Gasteiger partial charge is 0.337 e. The van der Waals surface area contributed by atoms with Crippen LogP contribution in [0.3, 0.4) is 0 Å². The molecule has 3 heterocycles. The van der Waals surface area contributed by atoms with Crippen LogP contribution >= 0.6 is 23.2 Å². The molecule has 0 bridgehead atoms. The molecule has 0 spiro atoms. The van der Waals surface area contributed by atoms with Crippen LogP contribution in [-0.2, 0) is 17.8 Å². The molecule has 214 valence electrons. The van der Waals surface area contributed by atoms with E-state index in [4.69, 9.17) is 37.6 Å². The number of hydrogen-bond donors (Lipinski definition) is 3. The number of benzene rings is 2. The van der Waals surface area contributed by atoms with Gasteiger partial charge < -0.3 is 29.5 Å². The number of aliphatic hydroxyl groups is 2. The molecule has 1 aliphatic heterocycles. The molecule has 1 fully saturated rings. The van der Waals surface area contributed by atoms with Crippen LogP contribution < -0.4 is 9.64 Å². The number of nitrogens with zero attached hydrogens (tertiary/aromatic N) is 3. The molecule has 11 heteroatoms. The molecule has 0 aliphatic carbocycles. The lowest BCUT2D eigenvalue weighted by Crippen LogP contribution is -2.31. The number of carboxylic acid groups (broad SMARTS) is 1. The number of aromatic carboxylic acids is 1. The van der Waals surface area contributed by atoms with Gasteiger partial charge in [0.2, 0.25) is 0 Å². The SMILES string of the molecule is Cc1cccc(Cl)c1-c1noc(C(C)(C)O)c1COc1ccc(C2(O)CCN(c3ccc(C(=O)O)cn3)C2)c(Cl)c1. The minimum atomic E-state index is -1.32. The summed E-state index contributed by atoms with van der Waals surface area (Å²) in [6.07, 6.45) is 1.71. The van der Waals surface area contributed by atoms with Crippen LogP contribution in [0.4, 0.5) is 5.82 Å². The quantitative estimate of drug-likeness (QED) is 0.225. The molecule has 3 N–H and O–H groups in total. The molecule has 0 radical (unpaired) electrons. The predicted molar refractivity (Wildman–Crippen MR) is 155 cm³/mol. The van der Waals surface area contributed by atoms with E-state index < -0.39 is 17.2 Å². The van der Waals surface area contributed by atoms with Gasteiger partial charge >= 0.3 is 5.97 Å². The minimum Gasteiger partial charge on any atom is -0.489 e. The predicted octanol–water partition coefficient (Wildman–Crippen LogP) is 5.95. The Labute approximate surface area is 246 Å². The lowest BCUT2D eigenvalue weighted by atomic mass is 9.93. The van der Waals surface area contributed by atoms with Crippen molar-refractivity contribution in [1.82, 2.24) is 10.1 Å². The number of carboxylic acids is 1. The maximum Gasteiger partial charge on any atom is 0.337 e. The molecule has 1 aliphatic rings. The Morgan fingerprint density at radius 1 is 1.17 bits per heavy atom. The van der Waals surface area contributed by atoms with Gasteiger partial charge in [0.15, 0.2) is 5.76 Å². The van der Waals surface area contributed by atoms with Gasteiger partial charge in [-0.15, -0.1) is 0 Å². The van der Waals surface area contributed by atoms with Gasteiger partial charge in [0.05, 0.1) is 27.7 Å². The molecule has 0 saturated carbocycles. The standard InChI is InChI=1S/C30H29Cl2N3O6/c1-17-5-4-6-22(31)25(17)26-20(27(41-34-26)29(2,3)38)15-40-19-8-9-21(23(32)13-19)30(39)11-12-35(16-30)24-10-7-18(14-33-24)28(36)37/h4-10,13-14,38-39H,11-12,15-16H2,1-3H3,(H,36,37). The van der Waals surface area contributed by atoms with Gasteiger partial charge in [-0.1, -0.05) is 46.6 Å². The minimum absolute atomic E-state index is 0.0224. The first-order valence-corrected chi connectivity index (χ1v) is 13.7. The molecular weight excluding hydrogens is 569 g/mol. The zero-order valence-electron chi connectivity index (χ0n) is 22.7. The van der Waals surface area contributed by atoms with Crippen LogP contribution in [-0.4, -0.2) is 44.5 Å². The Balaban J connectivity index is 1.36. The second kappa shape index (κ2) is 11.0. The first-order valence-electron chi connectivity index (χ1n) is 12.9. The molecule has 2 aromatic heterocycles. The largest absolute Gasteiger partial charge is 0.489 e. The number of rotatable bonds is 8. The third-order valence-electron chi connectivity index (χ3n) is 7.19. The van der Waals surface area contributed by atoms with E-state index >= 15 is 0 Å². The van der Waals surface area contributed by atoms with Crippen molar-refractivity contribution in [2.45, 2.75) is 45.0 Å². The Morgan fingerprint density at radius 3 is 2.59 bits per heavy atom. The highest BCUT2D eigenvalue weighted by Gasteiger charge is 2.40. The molecular formula is C30H29Cl2N3O6. The van der Waals surface area contributed by atoms with Crippen LogP contribution in [0.5, 0.6) is 5.75 Å². The zero-order valence-corrected chi connectivity index (χ0v) is 24.2. The van der Waals surface area contributed by atoms with Gasteiger partial charge in [-0.25, -0.2) is 9.78 Å². The van der Waals surface area contributed by atoms with Crippen molar-refractivity contribution in [3.63, 3.8) is 0 Å². The number of ether oxygens (including phenoxy) is 1. The zero-order chi connectivity index (χ0) is 29.5. The van der Waals surface area contributed by atoms with Crippen molar-refractivity contribution in [3.05, 3.63) is 92.8 Å². The van der Waals surface area contributed by atoms with Gasteiger partial charge in [0.25, 0.3) is 0 Å². The molecule has 2 aromatic carbocycles. The number of hydrogen-bond acceptors (Lipinski definition) is 8. The summed E-state index contributed by atoms with van der Waals surface area (Å²) in [5, 5.41) is 36.4. The van der Waals surface area contributed by atoms with Crippen molar-refractivity contribution >= 4 is 35.0 Å². The molecule has 1 unspecified atom stereocenters. The van der Waals surface area contributed by atoms with Crippen molar-refractivity contribution in [1.29, 1.82) is 0 Å². The summed E-state index contributed by atoms with van der Waals surface area (Å²) >= 11 is 13.2. The second-order valence-corrected chi connectivity index (χ2v) is 11.5. The Hall–Kier alpha value is -3.63. The van der Waals surface area contributed by atoms with Gasteiger partial charge in [-0.2, -0.15) is 0 Å². The van der Waals surface area contributed by atoms with Gasteiger partial charge in [-0.05, 0) is 63.1 Å². The molecule has 1 atom stereocenters. The van der Waals surface area contributed by atoms with E-state index in [2.05, 4.69) is 10.1 Å². The average Bonchev–Trinajstić information content (AvgIpc) is 3.52. The Kier molecular flexibility index (Phi) is 7.74. The normalized spacial score (nSPS) is 17.2. The highest BCUT2D eigenvalue weighted by molar-refractivity contribution is 6.33. The molecule has 5 rings (SSSR count). The Morgan fingerprint density at radius 2 is 1.95 bits per heavy atom. The molecule has 0 amide bonds. The fraction of sp³-hybridized carbons (Fsp3) is 0.300. The van der Waals surface area contributed by atoms with E-state index in [1.807, 2.05) is 24.0 Å². The van der Waals surface area contributed by atoms with Crippen molar-refractivity contribution in [2.75, 3.05) is 18.0 Å². The molecule has 4 aromatic rings. The van der Waals surface area contributed by atoms with Crippen molar-refractivity contribution in [2.24, 2.45) is 0 Å². The van der Waals surface area contributed by atoms with E-state index in [-0.39, 0.29) is 24.5 Å². The van der Waals surface area contributed by atoms with Crippen LogP contribution in [0.1, 0.15) is 53.1 Å². The van der Waals surface area contributed by atoms with Gasteiger partial charge in [0, 0.05) is 23.9 Å². The van der Waals surface area contributed by atoms with Crippen LogP contribution in [0.25, 0.3) is 11.3 Å². The first kappa shape index (κ1) is 28.9. The van der Waals surface area contributed by atoms with Gasteiger partial charge in [-0.3, -0.25) is 0 Å². The highest BCUT2D eigenvalue weighted by atomic mass is 35.5. The van der Waals surface area contributed by atoms with E-state index in [9.17, 15) is 15.0 Å². The third kappa shape index (κ3) is 5.76. The highest BCUT2D eigenvalue weighted by Crippen LogP contribution is 2.40. The van der Waals surface area contributed by atoms with Crippen LogP contribution in [0, 0.1) is 6.92 Å². The molecule has 1 saturated heterocycles. The summed E-state index contributed by atoms with van der Waals surface area (Å²) in [7, 11) is 0. The summed E-state index contributed by atoms with van der Waals surface area (Å²) < 4.78 is 11.7. The monoisotopic (exact) mass is 597 g/mol. The maximum absolute atomic E-state index is 11.5. The van der Waals surface area contributed by atoms with Crippen LogP contribution in [0.2, 0.25) is 10.0 Å². The second-order valence-electron chi connectivity index (χ2n) is 10.7. The van der Waals surface area contributed by atoms with Gasteiger partial charge in [0.1, 0.15) is 35.1 Å². The number of aryl methyl sites for hydroxylation is 1. The van der Waals surface area contributed by atoms with E-state index in [0.29, 0.717) is 57.0 Å². The number of aromatic nitrogens is 2.